The molecule has 0 aliphatic carbocycles. The lowest BCUT2D eigenvalue weighted by Crippen LogP contribution is -2.13. The zero-order valence-corrected chi connectivity index (χ0v) is 22.6. The van der Waals surface area contributed by atoms with Crippen molar-refractivity contribution in [2.45, 2.75) is 13.0 Å². The van der Waals surface area contributed by atoms with Crippen LogP contribution in [-0.4, -0.2) is 6.04 Å². The maximum atomic E-state index is 6.36. The number of rotatable bonds is 2. The molecule has 1 atom stereocenters. The first-order valence-electron chi connectivity index (χ1n) is 13.9. The molecule has 41 heavy (non-hydrogen) atoms. The van der Waals surface area contributed by atoms with Gasteiger partial charge in [-0.05, 0) is 41.8 Å². The molecule has 2 aromatic heterocycles. The van der Waals surface area contributed by atoms with Crippen LogP contribution in [0.5, 0.6) is 0 Å². The summed E-state index contributed by atoms with van der Waals surface area (Å²) in [6.07, 6.45) is 6.51. The molecule has 7 aromatic rings. The van der Waals surface area contributed by atoms with E-state index in [2.05, 4.69) is 116 Å². The number of hydrogen-bond donors (Lipinski definition) is 1. The molecule has 0 bridgehead atoms. The normalized spacial score (nSPS) is 17.5. The third kappa shape index (κ3) is 3.81. The number of fused-ring (bicyclic) bond motifs is 7. The van der Waals surface area contributed by atoms with E-state index in [1.54, 1.807) is 0 Å². The van der Waals surface area contributed by atoms with Gasteiger partial charge in [-0.3, -0.25) is 0 Å². The highest BCUT2D eigenvalue weighted by atomic mass is 16.3. The maximum Gasteiger partial charge on any atom is 0.143 e. The Bertz CT molecular complexity index is 2220. The van der Waals surface area contributed by atoms with Crippen LogP contribution in [-0.2, 0) is 0 Å². The highest BCUT2D eigenvalue weighted by molar-refractivity contribution is 6.10. The minimum atomic E-state index is 0.0520. The molecule has 1 aliphatic heterocycles. The number of hydrogen-bond acceptors (Lipinski definition) is 3. The van der Waals surface area contributed by atoms with Crippen LogP contribution in [0.1, 0.15) is 18.1 Å². The van der Waals surface area contributed by atoms with Crippen molar-refractivity contribution in [3.05, 3.63) is 139 Å². The Kier molecular flexibility index (Phi) is 5.26. The number of benzene rings is 5. The molecule has 3 heterocycles. The summed E-state index contributed by atoms with van der Waals surface area (Å²) in [5.74, 6) is 0. The third-order valence-corrected chi connectivity index (χ3v) is 8.07. The van der Waals surface area contributed by atoms with Crippen molar-refractivity contribution in [2.24, 2.45) is 0 Å². The van der Waals surface area contributed by atoms with E-state index >= 15 is 0 Å². The van der Waals surface area contributed by atoms with Gasteiger partial charge in [0.1, 0.15) is 22.3 Å². The van der Waals surface area contributed by atoms with Gasteiger partial charge in [0, 0.05) is 50.0 Å². The third-order valence-electron chi connectivity index (χ3n) is 8.07. The largest absolute Gasteiger partial charge is 0.455 e. The van der Waals surface area contributed by atoms with Gasteiger partial charge in [0.25, 0.3) is 0 Å². The molecule has 0 saturated carbocycles. The van der Waals surface area contributed by atoms with Gasteiger partial charge in [-0.2, -0.15) is 0 Å². The van der Waals surface area contributed by atoms with E-state index in [4.69, 9.17) is 8.83 Å². The van der Waals surface area contributed by atoms with Crippen LogP contribution >= 0.6 is 0 Å². The zero-order chi connectivity index (χ0) is 27.5. The van der Waals surface area contributed by atoms with E-state index in [9.17, 15) is 0 Å². The standard InChI is InChI=1S/C38H27NO2/c1-23-17-18-25(28-11-7-13-32-30-9-3-5-15-35(30)40-37(28)32)21-24(2)39-34-22-26(19-20-27(23)34)29-12-8-14-33-31-10-4-6-16-36(31)41-38(29)33/h3-22,24,39H,1H2,2H3/b18-17-,25-21+. The first-order chi connectivity index (χ1) is 20.1. The van der Waals surface area contributed by atoms with Crippen molar-refractivity contribution in [1.82, 2.24) is 0 Å². The fourth-order valence-electron chi connectivity index (χ4n) is 6.13. The molecule has 3 nitrogen and oxygen atoms in total. The van der Waals surface area contributed by atoms with E-state index in [0.717, 1.165) is 83.0 Å². The summed E-state index contributed by atoms with van der Waals surface area (Å²) < 4.78 is 12.7. The van der Waals surface area contributed by atoms with Gasteiger partial charge in [-0.15, -0.1) is 0 Å². The van der Waals surface area contributed by atoms with Crippen molar-refractivity contribution in [1.29, 1.82) is 0 Å². The van der Waals surface area contributed by atoms with Gasteiger partial charge in [-0.1, -0.05) is 110 Å². The average Bonchev–Trinajstić information content (AvgIpc) is 3.58. The second-order valence-corrected chi connectivity index (χ2v) is 10.7. The van der Waals surface area contributed by atoms with Crippen LogP contribution < -0.4 is 5.32 Å². The van der Waals surface area contributed by atoms with E-state index in [0.29, 0.717) is 0 Å². The van der Waals surface area contributed by atoms with Crippen LogP contribution in [0, 0.1) is 0 Å². The van der Waals surface area contributed by atoms with Crippen LogP contribution in [0.3, 0.4) is 0 Å². The Morgan fingerprint density at radius 2 is 1.22 bits per heavy atom. The Balaban J connectivity index is 1.22. The molecule has 0 fully saturated rings. The fraction of sp³-hybridized carbons (Fsp3) is 0.0526. The predicted octanol–water partition coefficient (Wildman–Crippen LogP) is 10.6. The number of para-hydroxylation sites is 4. The van der Waals surface area contributed by atoms with Gasteiger partial charge in [0.05, 0.1) is 0 Å². The molecule has 8 rings (SSSR count). The molecule has 0 saturated heterocycles. The van der Waals surface area contributed by atoms with Crippen LogP contribution in [0.2, 0.25) is 0 Å². The molecule has 1 N–H and O–H groups in total. The van der Waals surface area contributed by atoms with E-state index in [1.165, 1.54) is 0 Å². The van der Waals surface area contributed by atoms with E-state index in [1.807, 2.05) is 24.3 Å². The molecule has 3 heteroatoms. The van der Waals surface area contributed by atoms with Gasteiger partial charge in [-0.25, -0.2) is 0 Å². The Morgan fingerprint density at radius 1 is 0.610 bits per heavy atom. The number of anilines is 1. The highest BCUT2D eigenvalue weighted by Gasteiger charge is 2.17. The van der Waals surface area contributed by atoms with Gasteiger partial charge in [0.15, 0.2) is 0 Å². The predicted molar refractivity (Wildman–Crippen MR) is 172 cm³/mol. The summed E-state index contributed by atoms with van der Waals surface area (Å²) >= 11 is 0. The fourth-order valence-corrected chi connectivity index (χ4v) is 6.13. The molecule has 0 spiro atoms. The number of furan rings is 2. The molecular weight excluding hydrogens is 502 g/mol. The quantitative estimate of drug-likeness (QED) is 0.242. The topological polar surface area (TPSA) is 38.3 Å². The van der Waals surface area contributed by atoms with Crippen LogP contribution in [0.4, 0.5) is 5.69 Å². The molecule has 1 unspecified atom stereocenters. The second-order valence-electron chi connectivity index (χ2n) is 10.7. The van der Waals surface area contributed by atoms with Gasteiger partial charge in [0.2, 0.25) is 0 Å². The highest BCUT2D eigenvalue weighted by Crippen LogP contribution is 2.39. The van der Waals surface area contributed by atoms with E-state index < -0.39 is 0 Å². The van der Waals surface area contributed by atoms with Crippen LogP contribution in [0.15, 0.2) is 137 Å². The zero-order valence-electron chi connectivity index (χ0n) is 22.6. The van der Waals surface area contributed by atoms with Crippen molar-refractivity contribution >= 4 is 60.7 Å². The molecule has 0 amide bonds. The molecule has 196 valence electrons. The second kappa shape index (κ2) is 9.14. The lowest BCUT2D eigenvalue weighted by molar-refractivity contribution is 0.667. The average molecular weight is 530 g/mol. The lowest BCUT2D eigenvalue weighted by Gasteiger charge is -2.17. The minimum absolute atomic E-state index is 0.0520. The first-order valence-corrected chi connectivity index (χ1v) is 13.9. The number of nitrogens with one attached hydrogen (secondary N) is 1. The number of allylic oxidation sites excluding steroid dienone is 4. The van der Waals surface area contributed by atoms with Gasteiger partial charge < -0.3 is 14.2 Å². The first kappa shape index (κ1) is 23.6. The SMILES string of the molecule is C=C1/C=C\C(c2cccc3c2oc2ccccc23)=C/C(C)Nc2cc(-c3cccc4c3oc3ccccc34)ccc21. The summed E-state index contributed by atoms with van der Waals surface area (Å²) in [5.41, 5.74) is 11.0. The molecule has 1 aliphatic rings. The summed E-state index contributed by atoms with van der Waals surface area (Å²) in [5, 5.41) is 8.27. The maximum absolute atomic E-state index is 6.36. The molecule has 0 radical (unpaired) electrons. The monoisotopic (exact) mass is 529 g/mol. The minimum Gasteiger partial charge on any atom is -0.455 e. The van der Waals surface area contributed by atoms with Crippen molar-refractivity contribution in [3.8, 4) is 11.1 Å². The summed E-state index contributed by atoms with van der Waals surface area (Å²) in [6.45, 7) is 6.61. The molecule has 5 aromatic carbocycles. The summed E-state index contributed by atoms with van der Waals surface area (Å²) in [6, 6.07) is 35.7. The Morgan fingerprint density at radius 3 is 1.93 bits per heavy atom. The van der Waals surface area contributed by atoms with Crippen molar-refractivity contribution < 1.29 is 8.83 Å². The summed E-state index contributed by atoms with van der Waals surface area (Å²) in [7, 11) is 0. The van der Waals surface area contributed by atoms with E-state index in [-0.39, 0.29) is 6.04 Å². The lowest BCUT2D eigenvalue weighted by atomic mass is 9.97. The molecular formula is C38H27NO2. The van der Waals surface area contributed by atoms with Crippen LogP contribution in [0.25, 0.3) is 66.2 Å². The van der Waals surface area contributed by atoms with Gasteiger partial charge >= 0.3 is 0 Å². The Labute approximate surface area is 237 Å². The van der Waals surface area contributed by atoms with Crippen molar-refractivity contribution in [2.75, 3.05) is 5.32 Å². The van der Waals surface area contributed by atoms with Crippen molar-refractivity contribution in [3.63, 3.8) is 0 Å². The summed E-state index contributed by atoms with van der Waals surface area (Å²) in [4.78, 5) is 0. The smallest absolute Gasteiger partial charge is 0.143 e. The Hall–Kier alpha value is -5.28.